The molecule has 2 nitrogen and oxygen atoms in total. The molecule has 1 N–H and O–H groups in total. The predicted octanol–water partition coefficient (Wildman–Crippen LogP) is 3.37. The summed E-state index contributed by atoms with van der Waals surface area (Å²) in [5.41, 5.74) is 2.99. The van der Waals surface area contributed by atoms with Gasteiger partial charge < -0.3 is 5.32 Å². The van der Waals surface area contributed by atoms with Gasteiger partial charge in [0.1, 0.15) is 0 Å². The van der Waals surface area contributed by atoms with E-state index in [2.05, 4.69) is 37.1 Å². The number of nitrogens with zero attached hydrogens (tertiary/aromatic N) is 1. The SMILES string of the molecule is Cc1ccncc1C(C)NC1(C)CCCC1. The van der Waals surface area contributed by atoms with Crippen molar-refractivity contribution in [1.82, 2.24) is 10.3 Å². The summed E-state index contributed by atoms with van der Waals surface area (Å²) in [6.07, 6.45) is 9.19. The molecule has 2 heteroatoms. The molecule has 1 unspecified atom stereocenters. The lowest BCUT2D eigenvalue weighted by molar-refractivity contribution is 0.326. The van der Waals surface area contributed by atoms with Crippen LogP contribution in [0.2, 0.25) is 0 Å². The lowest BCUT2D eigenvalue weighted by Gasteiger charge is -2.30. The molecule has 2 rings (SSSR count). The van der Waals surface area contributed by atoms with Gasteiger partial charge in [-0.15, -0.1) is 0 Å². The molecule has 1 aliphatic carbocycles. The van der Waals surface area contributed by atoms with Crippen LogP contribution in [0.25, 0.3) is 0 Å². The molecule has 0 spiro atoms. The average molecular weight is 218 g/mol. The number of hydrogen-bond donors (Lipinski definition) is 1. The molecule has 0 saturated heterocycles. The molecule has 0 aromatic carbocycles. The first-order chi connectivity index (χ1) is 7.61. The van der Waals surface area contributed by atoms with Gasteiger partial charge in [-0.2, -0.15) is 0 Å². The van der Waals surface area contributed by atoms with Crippen molar-refractivity contribution >= 4 is 0 Å². The molecule has 1 aliphatic rings. The van der Waals surface area contributed by atoms with E-state index in [4.69, 9.17) is 0 Å². The Morgan fingerprint density at radius 1 is 1.38 bits per heavy atom. The Labute approximate surface area is 98.5 Å². The summed E-state index contributed by atoms with van der Waals surface area (Å²) in [6.45, 7) is 6.75. The quantitative estimate of drug-likeness (QED) is 0.841. The maximum Gasteiger partial charge on any atom is 0.0318 e. The molecule has 0 radical (unpaired) electrons. The van der Waals surface area contributed by atoms with Gasteiger partial charge in [-0.05, 0) is 50.8 Å². The third-order valence-corrected chi connectivity index (χ3v) is 3.82. The number of aryl methyl sites for hydroxylation is 1. The molecule has 0 amide bonds. The van der Waals surface area contributed by atoms with E-state index in [1.54, 1.807) is 0 Å². The van der Waals surface area contributed by atoms with E-state index < -0.39 is 0 Å². The second kappa shape index (κ2) is 4.54. The van der Waals surface area contributed by atoms with Gasteiger partial charge in [-0.25, -0.2) is 0 Å². The Morgan fingerprint density at radius 3 is 2.69 bits per heavy atom. The number of nitrogens with one attached hydrogen (secondary N) is 1. The minimum absolute atomic E-state index is 0.335. The second-order valence-corrected chi connectivity index (χ2v) is 5.37. The summed E-state index contributed by atoms with van der Waals surface area (Å²) >= 11 is 0. The molecule has 1 saturated carbocycles. The Kier molecular flexibility index (Phi) is 3.29. The molecular weight excluding hydrogens is 196 g/mol. The van der Waals surface area contributed by atoms with Gasteiger partial charge >= 0.3 is 0 Å². The Hall–Kier alpha value is -0.890. The topological polar surface area (TPSA) is 24.9 Å². The summed E-state index contributed by atoms with van der Waals surface area (Å²) in [5.74, 6) is 0. The van der Waals surface area contributed by atoms with Crippen molar-refractivity contribution in [1.29, 1.82) is 0 Å². The van der Waals surface area contributed by atoms with Crippen LogP contribution in [0.4, 0.5) is 0 Å². The molecule has 1 fully saturated rings. The van der Waals surface area contributed by atoms with Gasteiger partial charge in [0.15, 0.2) is 0 Å². The zero-order valence-electron chi connectivity index (χ0n) is 10.6. The van der Waals surface area contributed by atoms with Gasteiger partial charge in [-0.3, -0.25) is 4.98 Å². The molecule has 16 heavy (non-hydrogen) atoms. The zero-order valence-corrected chi connectivity index (χ0v) is 10.6. The zero-order chi connectivity index (χ0) is 11.6. The van der Waals surface area contributed by atoms with Crippen LogP contribution >= 0.6 is 0 Å². The molecule has 1 atom stereocenters. The van der Waals surface area contributed by atoms with E-state index in [1.165, 1.54) is 36.8 Å². The molecule has 0 aliphatic heterocycles. The fraction of sp³-hybridized carbons (Fsp3) is 0.643. The van der Waals surface area contributed by atoms with Gasteiger partial charge in [0.2, 0.25) is 0 Å². The monoisotopic (exact) mass is 218 g/mol. The van der Waals surface area contributed by atoms with E-state index in [0.29, 0.717) is 11.6 Å². The van der Waals surface area contributed by atoms with Crippen molar-refractivity contribution < 1.29 is 0 Å². The molecule has 88 valence electrons. The number of hydrogen-bond acceptors (Lipinski definition) is 2. The summed E-state index contributed by atoms with van der Waals surface area (Å²) in [7, 11) is 0. The van der Waals surface area contributed by atoms with Gasteiger partial charge in [0.05, 0.1) is 0 Å². The lowest BCUT2D eigenvalue weighted by atomic mass is 9.96. The number of rotatable bonds is 3. The highest BCUT2D eigenvalue weighted by atomic mass is 15.0. The second-order valence-electron chi connectivity index (χ2n) is 5.37. The highest BCUT2D eigenvalue weighted by molar-refractivity contribution is 5.24. The van der Waals surface area contributed by atoms with Crippen LogP contribution in [0.1, 0.15) is 56.7 Å². The summed E-state index contributed by atoms with van der Waals surface area (Å²) < 4.78 is 0. The highest BCUT2D eigenvalue weighted by Crippen LogP contribution is 2.31. The minimum Gasteiger partial charge on any atom is -0.305 e. The normalized spacial score (nSPS) is 20.9. The van der Waals surface area contributed by atoms with E-state index >= 15 is 0 Å². The van der Waals surface area contributed by atoms with Crippen molar-refractivity contribution in [2.75, 3.05) is 0 Å². The van der Waals surface area contributed by atoms with Crippen molar-refractivity contribution in [2.24, 2.45) is 0 Å². The Morgan fingerprint density at radius 2 is 2.06 bits per heavy atom. The maximum atomic E-state index is 4.22. The Balaban J connectivity index is 2.08. The fourth-order valence-electron chi connectivity index (χ4n) is 2.83. The highest BCUT2D eigenvalue weighted by Gasteiger charge is 2.30. The first-order valence-corrected chi connectivity index (χ1v) is 6.29. The van der Waals surface area contributed by atoms with Crippen molar-refractivity contribution in [3.8, 4) is 0 Å². The van der Waals surface area contributed by atoms with E-state index in [9.17, 15) is 0 Å². The largest absolute Gasteiger partial charge is 0.305 e. The summed E-state index contributed by atoms with van der Waals surface area (Å²) in [4.78, 5) is 4.22. The van der Waals surface area contributed by atoms with Gasteiger partial charge in [0.25, 0.3) is 0 Å². The molecule has 0 bridgehead atoms. The molecular formula is C14H22N2. The minimum atomic E-state index is 0.335. The van der Waals surface area contributed by atoms with Crippen LogP contribution in [0.5, 0.6) is 0 Å². The first kappa shape index (κ1) is 11.6. The smallest absolute Gasteiger partial charge is 0.0318 e. The number of aromatic nitrogens is 1. The predicted molar refractivity (Wildman–Crippen MR) is 67.4 cm³/mol. The van der Waals surface area contributed by atoms with E-state index in [0.717, 1.165) is 0 Å². The van der Waals surface area contributed by atoms with E-state index in [1.807, 2.05) is 12.4 Å². The van der Waals surface area contributed by atoms with Crippen LogP contribution in [0.15, 0.2) is 18.5 Å². The van der Waals surface area contributed by atoms with Crippen LogP contribution in [0.3, 0.4) is 0 Å². The third kappa shape index (κ3) is 2.43. The summed E-state index contributed by atoms with van der Waals surface area (Å²) in [5, 5.41) is 3.77. The molecule has 1 heterocycles. The van der Waals surface area contributed by atoms with Crippen LogP contribution in [-0.4, -0.2) is 10.5 Å². The van der Waals surface area contributed by atoms with Gasteiger partial charge in [-0.1, -0.05) is 12.8 Å². The van der Waals surface area contributed by atoms with Crippen molar-refractivity contribution in [3.63, 3.8) is 0 Å². The summed E-state index contributed by atoms with van der Waals surface area (Å²) in [6, 6.07) is 2.49. The van der Waals surface area contributed by atoms with Crippen LogP contribution in [0, 0.1) is 6.92 Å². The molecule has 1 aromatic heterocycles. The van der Waals surface area contributed by atoms with Crippen molar-refractivity contribution in [2.45, 2.75) is 58.0 Å². The lowest BCUT2D eigenvalue weighted by Crippen LogP contribution is -2.41. The standard InChI is InChI=1S/C14H22N2/c1-11-6-9-15-10-13(11)12(2)16-14(3)7-4-5-8-14/h6,9-10,12,16H,4-5,7-8H2,1-3H3. The third-order valence-electron chi connectivity index (χ3n) is 3.82. The molecule has 1 aromatic rings. The average Bonchev–Trinajstić information content (AvgIpc) is 2.65. The van der Waals surface area contributed by atoms with E-state index in [-0.39, 0.29) is 0 Å². The first-order valence-electron chi connectivity index (χ1n) is 6.29. The number of pyridine rings is 1. The van der Waals surface area contributed by atoms with Crippen LogP contribution in [-0.2, 0) is 0 Å². The fourth-order valence-corrected chi connectivity index (χ4v) is 2.83. The van der Waals surface area contributed by atoms with Crippen LogP contribution < -0.4 is 5.32 Å². The van der Waals surface area contributed by atoms with Crippen molar-refractivity contribution in [3.05, 3.63) is 29.6 Å². The van der Waals surface area contributed by atoms with Gasteiger partial charge in [0, 0.05) is 24.0 Å². The Bertz CT molecular complexity index is 354. The maximum absolute atomic E-state index is 4.22.